The van der Waals surface area contributed by atoms with Crippen molar-refractivity contribution in [1.29, 1.82) is 5.41 Å². The maximum absolute atomic E-state index is 8.20. The summed E-state index contributed by atoms with van der Waals surface area (Å²) in [7, 11) is -0.288. The van der Waals surface area contributed by atoms with Crippen LogP contribution in [0.1, 0.15) is 0 Å². The second-order valence-electron chi connectivity index (χ2n) is 4.18. The second-order valence-corrected chi connectivity index (χ2v) is 6.39. The highest BCUT2D eigenvalue weighted by atomic mass is 35.5. The van der Waals surface area contributed by atoms with Crippen LogP contribution in [-0.4, -0.2) is 16.6 Å². The Bertz CT molecular complexity index is 625. The number of nitrogens with zero attached hydrogens (tertiary/aromatic N) is 1. The summed E-state index contributed by atoms with van der Waals surface area (Å²) in [6, 6.07) is 20.2. The molecule has 2 aromatic carbocycles. The maximum atomic E-state index is 8.20. The van der Waals surface area contributed by atoms with Gasteiger partial charge in [-0.1, -0.05) is 47.1 Å². The van der Waals surface area contributed by atoms with Crippen molar-refractivity contribution < 1.29 is 0 Å². The van der Waals surface area contributed by atoms with Crippen LogP contribution in [0.3, 0.4) is 0 Å². The van der Waals surface area contributed by atoms with Crippen LogP contribution in [0.25, 0.3) is 0 Å². The van der Waals surface area contributed by atoms with Gasteiger partial charge in [0, 0.05) is 4.90 Å². The number of para-hydroxylation sites is 1. The fourth-order valence-corrected chi connectivity index (χ4v) is 4.42. The molecular formula is C15H13ClN2S. The third-order valence-corrected chi connectivity index (χ3v) is 5.47. The lowest BCUT2D eigenvalue weighted by atomic mass is 10.3. The van der Waals surface area contributed by atoms with E-state index in [0.717, 1.165) is 5.69 Å². The lowest BCUT2D eigenvalue weighted by molar-refractivity contribution is 1.34. The van der Waals surface area contributed by atoms with Gasteiger partial charge in [0.15, 0.2) is 0 Å². The van der Waals surface area contributed by atoms with E-state index in [2.05, 4.69) is 12.1 Å². The van der Waals surface area contributed by atoms with Crippen molar-refractivity contribution in [2.75, 3.05) is 4.31 Å². The number of alkyl halides is 1. The minimum Gasteiger partial charge on any atom is -0.286 e. The van der Waals surface area contributed by atoms with Gasteiger partial charge < -0.3 is 0 Å². The minimum absolute atomic E-state index is 0.288. The molecular weight excluding hydrogens is 276 g/mol. The number of halogens is 1. The molecule has 4 heteroatoms. The molecule has 1 N–H and O–H groups in total. The smallest absolute Gasteiger partial charge is 0.133 e. The van der Waals surface area contributed by atoms with Gasteiger partial charge in [-0.2, -0.15) is 0 Å². The summed E-state index contributed by atoms with van der Waals surface area (Å²) in [4.78, 5) is 1.18. The highest BCUT2D eigenvalue weighted by Crippen LogP contribution is 2.40. The number of anilines is 1. The third-order valence-electron chi connectivity index (χ3n) is 2.90. The predicted molar refractivity (Wildman–Crippen MR) is 84.7 cm³/mol. The molecule has 0 bridgehead atoms. The number of nitrogens with one attached hydrogen (secondary N) is 1. The molecule has 0 amide bonds. The van der Waals surface area contributed by atoms with Crippen molar-refractivity contribution >= 4 is 39.2 Å². The number of rotatable bonds is 2. The van der Waals surface area contributed by atoms with Crippen molar-refractivity contribution in [3.63, 3.8) is 0 Å². The van der Waals surface area contributed by atoms with Crippen molar-refractivity contribution in [3.05, 3.63) is 60.7 Å². The van der Waals surface area contributed by atoms with Crippen LogP contribution < -0.4 is 4.31 Å². The Morgan fingerprint density at radius 1 is 0.947 bits per heavy atom. The fourth-order valence-electron chi connectivity index (χ4n) is 2.02. The van der Waals surface area contributed by atoms with E-state index in [1.807, 2.05) is 58.2 Å². The number of hydrogen-bond donors (Lipinski definition) is 1. The van der Waals surface area contributed by atoms with Gasteiger partial charge in [-0.05, 0) is 29.6 Å². The molecule has 0 radical (unpaired) electrons. The highest BCUT2D eigenvalue weighted by molar-refractivity contribution is 8.17. The van der Waals surface area contributed by atoms with Gasteiger partial charge in [0.1, 0.15) is 11.2 Å². The Hall–Kier alpha value is -1.58. The molecule has 2 nitrogen and oxygen atoms in total. The maximum Gasteiger partial charge on any atom is 0.133 e. The Labute approximate surface area is 120 Å². The van der Waals surface area contributed by atoms with E-state index in [9.17, 15) is 0 Å². The first kappa shape index (κ1) is 12.5. The molecule has 96 valence electrons. The van der Waals surface area contributed by atoms with Gasteiger partial charge in [-0.15, -0.1) is 11.6 Å². The topological polar surface area (TPSA) is 27.1 Å². The quantitative estimate of drug-likeness (QED) is 0.653. The molecule has 0 aromatic heterocycles. The Kier molecular flexibility index (Phi) is 3.40. The summed E-state index contributed by atoms with van der Waals surface area (Å²) in [6.07, 6.45) is 0. The van der Waals surface area contributed by atoms with Gasteiger partial charge in [0.25, 0.3) is 0 Å². The van der Waals surface area contributed by atoms with E-state index in [1.54, 1.807) is 0 Å². The molecule has 19 heavy (non-hydrogen) atoms. The van der Waals surface area contributed by atoms with E-state index in [0.29, 0.717) is 5.84 Å². The van der Waals surface area contributed by atoms with Crippen molar-refractivity contribution in [2.45, 2.75) is 10.3 Å². The summed E-state index contributed by atoms with van der Waals surface area (Å²) in [5.41, 5.74) is 1.01. The van der Waals surface area contributed by atoms with Gasteiger partial charge in [0.2, 0.25) is 0 Å². The van der Waals surface area contributed by atoms with E-state index < -0.39 is 0 Å². The van der Waals surface area contributed by atoms with Gasteiger partial charge in [-0.3, -0.25) is 9.71 Å². The number of benzene rings is 2. The Morgan fingerprint density at radius 2 is 1.53 bits per heavy atom. The largest absolute Gasteiger partial charge is 0.286 e. The minimum atomic E-state index is -0.330. The molecule has 0 saturated carbocycles. The molecule has 0 saturated heterocycles. The first-order valence-corrected chi connectivity index (χ1v) is 7.66. The van der Waals surface area contributed by atoms with Crippen LogP contribution >= 0.6 is 22.3 Å². The molecule has 0 fully saturated rings. The summed E-state index contributed by atoms with van der Waals surface area (Å²) < 4.78 is 2.01. The SMILES string of the molecule is N=C1C(Cl)C=S(c2ccccc2)N1c1ccccc1. The lowest BCUT2D eigenvalue weighted by Gasteiger charge is -2.23. The second kappa shape index (κ2) is 5.19. The van der Waals surface area contributed by atoms with Crippen LogP contribution in [0.4, 0.5) is 5.69 Å². The fraction of sp³-hybridized carbons (Fsp3) is 0.0667. The summed E-state index contributed by atoms with van der Waals surface area (Å²) in [5.74, 6) is 0.444. The van der Waals surface area contributed by atoms with Crippen LogP contribution in [-0.2, 0) is 0 Å². The van der Waals surface area contributed by atoms with Crippen molar-refractivity contribution in [3.8, 4) is 0 Å². The molecule has 2 unspecified atom stereocenters. The molecule has 1 aliphatic heterocycles. The Morgan fingerprint density at radius 3 is 2.16 bits per heavy atom. The molecule has 1 heterocycles. The summed E-state index contributed by atoms with van der Waals surface area (Å²) in [6.45, 7) is 0. The predicted octanol–water partition coefficient (Wildman–Crippen LogP) is 4.14. The van der Waals surface area contributed by atoms with Crippen molar-refractivity contribution in [2.24, 2.45) is 0 Å². The van der Waals surface area contributed by atoms with Gasteiger partial charge in [-0.25, -0.2) is 0 Å². The molecule has 2 atom stereocenters. The zero-order chi connectivity index (χ0) is 13.2. The van der Waals surface area contributed by atoms with Crippen LogP contribution in [0, 0.1) is 5.41 Å². The number of hydrogen-bond acceptors (Lipinski definition) is 1. The van der Waals surface area contributed by atoms with Gasteiger partial charge in [0.05, 0.1) is 5.69 Å². The van der Waals surface area contributed by atoms with Gasteiger partial charge >= 0.3 is 0 Å². The van der Waals surface area contributed by atoms with E-state index >= 15 is 0 Å². The summed E-state index contributed by atoms with van der Waals surface area (Å²) >= 11 is 6.24. The van der Waals surface area contributed by atoms with Crippen LogP contribution in [0.2, 0.25) is 0 Å². The third kappa shape index (κ3) is 2.31. The molecule has 2 aromatic rings. The van der Waals surface area contributed by atoms with Crippen molar-refractivity contribution in [1.82, 2.24) is 0 Å². The van der Waals surface area contributed by atoms with Crippen LogP contribution in [0.15, 0.2) is 65.6 Å². The highest BCUT2D eigenvalue weighted by Gasteiger charge is 2.29. The molecule has 3 rings (SSSR count). The lowest BCUT2D eigenvalue weighted by Crippen LogP contribution is -2.25. The molecule has 1 aliphatic rings. The number of amidine groups is 1. The van der Waals surface area contributed by atoms with E-state index in [4.69, 9.17) is 17.0 Å². The first-order valence-electron chi connectivity index (χ1n) is 5.98. The van der Waals surface area contributed by atoms with E-state index in [1.165, 1.54) is 4.90 Å². The van der Waals surface area contributed by atoms with E-state index in [-0.39, 0.29) is 16.0 Å². The zero-order valence-corrected chi connectivity index (χ0v) is 11.7. The van der Waals surface area contributed by atoms with Crippen LogP contribution in [0.5, 0.6) is 0 Å². The average molecular weight is 289 g/mol. The Balaban J connectivity index is 2.07. The summed E-state index contributed by atoms with van der Waals surface area (Å²) in [5, 5.41) is 9.90. The molecule has 0 aliphatic carbocycles. The monoisotopic (exact) mass is 288 g/mol. The standard InChI is InChI=1S/C15H13ClN2S/c16-14-11-19(13-9-5-2-6-10-13)18(15(14)17)12-7-3-1-4-8-12/h1-11,14,17H. The normalized spacial score (nSPS) is 22.4. The average Bonchev–Trinajstić information content (AvgIpc) is 2.77. The molecule has 0 spiro atoms. The zero-order valence-electron chi connectivity index (χ0n) is 10.2. The first-order chi connectivity index (χ1) is 9.27.